The molecule has 0 radical (unpaired) electrons. The van der Waals surface area contributed by atoms with E-state index >= 15 is 0 Å². The van der Waals surface area contributed by atoms with Crippen LogP contribution in [0.3, 0.4) is 0 Å². The highest BCUT2D eigenvalue weighted by atomic mass is 32.1. The summed E-state index contributed by atoms with van der Waals surface area (Å²) in [7, 11) is 1.55. The number of rotatable bonds is 8. The average molecular weight is 376 g/mol. The van der Waals surface area contributed by atoms with E-state index in [-0.39, 0.29) is 5.91 Å². The van der Waals surface area contributed by atoms with Gasteiger partial charge in [0.2, 0.25) is 0 Å². The molecule has 0 saturated carbocycles. The Kier molecular flexibility index (Phi) is 7.29. The number of carbonyl (C=O) groups excluding carboxylic acids is 2. The van der Waals surface area contributed by atoms with Crippen molar-refractivity contribution >= 4 is 23.2 Å². The number of thiazole rings is 1. The van der Waals surface area contributed by atoms with E-state index in [1.807, 2.05) is 12.1 Å². The molecule has 0 aliphatic rings. The fourth-order valence-corrected chi connectivity index (χ4v) is 3.23. The topological polar surface area (TPSA) is 77.5 Å². The van der Waals surface area contributed by atoms with Gasteiger partial charge in [-0.15, -0.1) is 11.3 Å². The summed E-state index contributed by atoms with van der Waals surface area (Å²) in [5.41, 5.74) is 2.80. The SMILES string of the molecule is CCc1ccc(-c2nc(C)c(C(=O)O[C@H](C)C(=O)NCCOC)s2)cc1. The minimum absolute atomic E-state index is 0.354. The maximum absolute atomic E-state index is 12.4. The first-order valence-electron chi connectivity index (χ1n) is 8.50. The third-order valence-electron chi connectivity index (χ3n) is 3.85. The Balaban J connectivity index is 2.05. The Hall–Kier alpha value is -2.25. The van der Waals surface area contributed by atoms with E-state index in [2.05, 4.69) is 29.4 Å². The molecule has 1 aromatic carbocycles. The van der Waals surface area contributed by atoms with Crippen LogP contribution in [-0.4, -0.2) is 43.2 Å². The van der Waals surface area contributed by atoms with E-state index in [0.29, 0.717) is 23.7 Å². The lowest BCUT2D eigenvalue weighted by molar-refractivity contribution is -0.129. The molecule has 0 bridgehead atoms. The number of ether oxygens (including phenoxy) is 2. The summed E-state index contributed by atoms with van der Waals surface area (Å²) >= 11 is 1.27. The van der Waals surface area contributed by atoms with Crippen molar-refractivity contribution < 1.29 is 19.1 Å². The van der Waals surface area contributed by atoms with E-state index in [1.54, 1.807) is 21.0 Å². The number of hydrogen-bond acceptors (Lipinski definition) is 6. The van der Waals surface area contributed by atoms with E-state index in [9.17, 15) is 9.59 Å². The van der Waals surface area contributed by atoms with Crippen LogP contribution in [0.15, 0.2) is 24.3 Å². The van der Waals surface area contributed by atoms with Gasteiger partial charge in [0.05, 0.1) is 12.3 Å². The quantitative estimate of drug-likeness (QED) is 0.566. The van der Waals surface area contributed by atoms with Gasteiger partial charge >= 0.3 is 5.97 Å². The highest BCUT2D eigenvalue weighted by Crippen LogP contribution is 2.29. The van der Waals surface area contributed by atoms with Gasteiger partial charge in [0.15, 0.2) is 6.10 Å². The molecule has 1 N–H and O–H groups in total. The molecule has 2 aromatic rings. The minimum atomic E-state index is -0.881. The molecule has 0 aliphatic carbocycles. The molecule has 0 aliphatic heterocycles. The highest BCUT2D eigenvalue weighted by Gasteiger charge is 2.23. The maximum atomic E-state index is 12.4. The molecule has 0 spiro atoms. The van der Waals surface area contributed by atoms with Gasteiger partial charge in [0.1, 0.15) is 9.88 Å². The fraction of sp³-hybridized carbons (Fsp3) is 0.421. The number of amides is 1. The van der Waals surface area contributed by atoms with Gasteiger partial charge in [-0.25, -0.2) is 9.78 Å². The van der Waals surface area contributed by atoms with Crippen molar-refractivity contribution in [2.24, 2.45) is 0 Å². The maximum Gasteiger partial charge on any atom is 0.351 e. The van der Waals surface area contributed by atoms with Crippen LogP contribution in [0.5, 0.6) is 0 Å². The summed E-state index contributed by atoms with van der Waals surface area (Å²) < 4.78 is 10.1. The highest BCUT2D eigenvalue weighted by molar-refractivity contribution is 7.17. The number of benzene rings is 1. The van der Waals surface area contributed by atoms with E-state index < -0.39 is 12.1 Å². The normalized spacial score (nSPS) is 11.8. The first kappa shape index (κ1) is 20.1. The molecule has 7 heteroatoms. The van der Waals surface area contributed by atoms with Crippen molar-refractivity contribution in [1.82, 2.24) is 10.3 Å². The van der Waals surface area contributed by atoms with Crippen molar-refractivity contribution in [2.45, 2.75) is 33.3 Å². The predicted octanol–water partition coefficient (Wildman–Crippen LogP) is 2.99. The smallest absolute Gasteiger partial charge is 0.351 e. The zero-order valence-electron chi connectivity index (χ0n) is 15.5. The van der Waals surface area contributed by atoms with Crippen LogP contribution in [0.1, 0.15) is 34.8 Å². The first-order chi connectivity index (χ1) is 12.5. The largest absolute Gasteiger partial charge is 0.448 e. The second kappa shape index (κ2) is 9.45. The zero-order chi connectivity index (χ0) is 19.1. The van der Waals surface area contributed by atoms with Gasteiger partial charge in [0, 0.05) is 19.2 Å². The van der Waals surface area contributed by atoms with Crippen molar-refractivity contribution in [3.63, 3.8) is 0 Å². The third-order valence-corrected chi connectivity index (χ3v) is 5.04. The van der Waals surface area contributed by atoms with E-state index in [0.717, 1.165) is 17.0 Å². The zero-order valence-corrected chi connectivity index (χ0v) is 16.3. The number of carbonyl (C=O) groups is 2. The molecular weight excluding hydrogens is 352 g/mol. The predicted molar refractivity (Wildman–Crippen MR) is 101 cm³/mol. The third kappa shape index (κ3) is 5.12. The molecule has 1 aromatic heterocycles. The van der Waals surface area contributed by atoms with Crippen molar-refractivity contribution in [1.29, 1.82) is 0 Å². The lowest BCUT2D eigenvalue weighted by atomic mass is 10.1. The van der Waals surface area contributed by atoms with Crippen LogP contribution < -0.4 is 5.32 Å². The molecular formula is C19H24N2O4S. The van der Waals surface area contributed by atoms with Crippen LogP contribution in [0.2, 0.25) is 0 Å². The number of nitrogens with one attached hydrogen (secondary N) is 1. The van der Waals surface area contributed by atoms with Gasteiger partial charge in [-0.2, -0.15) is 0 Å². The summed E-state index contributed by atoms with van der Waals surface area (Å²) in [6, 6.07) is 8.10. The number of nitrogens with zero attached hydrogens (tertiary/aromatic N) is 1. The Morgan fingerprint density at radius 1 is 1.27 bits per heavy atom. The Morgan fingerprint density at radius 2 is 1.96 bits per heavy atom. The van der Waals surface area contributed by atoms with Crippen LogP contribution >= 0.6 is 11.3 Å². The molecule has 26 heavy (non-hydrogen) atoms. The van der Waals surface area contributed by atoms with Gasteiger partial charge < -0.3 is 14.8 Å². The molecule has 0 fully saturated rings. The van der Waals surface area contributed by atoms with Gasteiger partial charge in [-0.1, -0.05) is 31.2 Å². The second-order valence-corrected chi connectivity index (χ2v) is 6.81. The molecule has 1 atom stereocenters. The molecule has 0 saturated heterocycles. The van der Waals surface area contributed by atoms with E-state index in [1.165, 1.54) is 16.9 Å². The lowest BCUT2D eigenvalue weighted by Gasteiger charge is -2.12. The monoisotopic (exact) mass is 376 g/mol. The molecule has 1 heterocycles. The van der Waals surface area contributed by atoms with Gasteiger partial charge in [-0.05, 0) is 25.8 Å². The first-order valence-corrected chi connectivity index (χ1v) is 9.32. The summed E-state index contributed by atoms with van der Waals surface area (Å²) in [6.07, 6.45) is 0.0900. The van der Waals surface area contributed by atoms with Crippen LogP contribution in [0, 0.1) is 6.92 Å². The Bertz CT molecular complexity index is 755. The van der Waals surface area contributed by atoms with Crippen molar-refractivity contribution in [2.75, 3.05) is 20.3 Å². The molecule has 6 nitrogen and oxygen atoms in total. The number of methoxy groups -OCH3 is 1. The minimum Gasteiger partial charge on any atom is -0.448 e. The number of esters is 1. The summed E-state index contributed by atoms with van der Waals surface area (Å²) in [5.74, 6) is -0.890. The summed E-state index contributed by atoms with van der Waals surface area (Å²) in [4.78, 5) is 29.2. The Morgan fingerprint density at radius 3 is 2.58 bits per heavy atom. The lowest BCUT2D eigenvalue weighted by Crippen LogP contribution is -2.37. The summed E-state index contributed by atoms with van der Waals surface area (Å²) in [5, 5.41) is 3.40. The van der Waals surface area contributed by atoms with Crippen LogP contribution in [0.25, 0.3) is 10.6 Å². The molecule has 1 amide bonds. The van der Waals surface area contributed by atoms with Gasteiger partial charge in [0.25, 0.3) is 5.91 Å². The molecule has 0 unspecified atom stereocenters. The fourth-order valence-electron chi connectivity index (χ4n) is 2.28. The summed E-state index contributed by atoms with van der Waals surface area (Å²) in [6.45, 7) is 6.18. The van der Waals surface area contributed by atoms with Crippen LogP contribution in [-0.2, 0) is 20.7 Å². The number of aromatic nitrogens is 1. The van der Waals surface area contributed by atoms with Crippen molar-refractivity contribution in [3.8, 4) is 10.6 Å². The standard InChI is InChI=1S/C19H24N2O4S/c1-5-14-6-8-15(9-7-14)18-21-12(2)16(26-18)19(23)25-13(3)17(22)20-10-11-24-4/h6-9,13H,5,10-11H2,1-4H3,(H,20,22)/t13-/m1/s1. The van der Waals surface area contributed by atoms with E-state index in [4.69, 9.17) is 9.47 Å². The number of hydrogen-bond donors (Lipinski definition) is 1. The van der Waals surface area contributed by atoms with Crippen molar-refractivity contribution in [3.05, 3.63) is 40.4 Å². The number of aryl methyl sites for hydroxylation is 2. The van der Waals surface area contributed by atoms with Crippen LogP contribution in [0.4, 0.5) is 0 Å². The molecule has 140 valence electrons. The van der Waals surface area contributed by atoms with Gasteiger partial charge in [-0.3, -0.25) is 4.79 Å². The average Bonchev–Trinajstić information content (AvgIpc) is 3.03. The second-order valence-electron chi connectivity index (χ2n) is 5.82. The molecule has 2 rings (SSSR count). The Labute approximate surface area is 157 Å².